The van der Waals surface area contributed by atoms with Gasteiger partial charge in [0.15, 0.2) is 0 Å². The van der Waals surface area contributed by atoms with E-state index in [1.54, 1.807) is 67.0 Å². The summed E-state index contributed by atoms with van der Waals surface area (Å²) in [5.74, 6) is -0.403. The highest BCUT2D eigenvalue weighted by molar-refractivity contribution is 6.51. The second-order valence-corrected chi connectivity index (χ2v) is 7.90. The Morgan fingerprint density at radius 1 is 0.889 bits per heavy atom. The van der Waals surface area contributed by atoms with Gasteiger partial charge in [-0.15, -0.1) is 0 Å². The van der Waals surface area contributed by atoms with Crippen molar-refractivity contribution in [3.05, 3.63) is 83.7 Å². The number of rotatable bonds is 9. The summed E-state index contributed by atoms with van der Waals surface area (Å²) < 4.78 is 16.9. The lowest BCUT2D eigenvalue weighted by atomic mass is 9.95. The first-order chi connectivity index (χ1) is 17.5. The first kappa shape index (κ1) is 24.8. The van der Waals surface area contributed by atoms with Crippen molar-refractivity contribution in [2.75, 3.05) is 24.7 Å². The van der Waals surface area contributed by atoms with Gasteiger partial charge in [0.05, 0.1) is 37.0 Å². The summed E-state index contributed by atoms with van der Waals surface area (Å²) in [5, 5.41) is 11.5. The Hall–Kier alpha value is -4.33. The number of benzene rings is 2. The van der Waals surface area contributed by atoms with Crippen LogP contribution in [0.2, 0.25) is 0 Å². The fourth-order valence-corrected chi connectivity index (χ4v) is 4.22. The molecule has 0 spiro atoms. The molecule has 1 aliphatic heterocycles. The van der Waals surface area contributed by atoms with Crippen LogP contribution in [0.3, 0.4) is 0 Å². The number of aromatic nitrogens is 1. The lowest BCUT2D eigenvalue weighted by Crippen LogP contribution is -2.29. The summed E-state index contributed by atoms with van der Waals surface area (Å²) in [6, 6.07) is 14.5. The molecule has 1 N–H and O–H groups in total. The van der Waals surface area contributed by atoms with Crippen molar-refractivity contribution in [2.24, 2.45) is 0 Å². The van der Waals surface area contributed by atoms with E-state index in [9.17, 15) is 14.7 Å². The van der Waals surface area contributed by atoms with E-state index in [0.717, 1.165) is 0 Å². The molecule has 0 bridgehead atoms. The van der Waals surface area contributed by atoms with Crippen LogP contribution in [-0.2, 0) is 9.59 Å². The molecule has 1 amide bonds. The number of anilines is 1. The molecule has 36 heavy (non-hydrogen) atoms. The molecule has 1 fully saturated rings. The second-order valence-electron chi connectivity index (χ2n) is 7.90. The Kier molecular flexibility index (Phi) is 7.53. The quantitative estimate of drug-likeness (QED) is 0.260. The number of carbonyl (C=O) groups excluding carboxylic acids is 2. The van der Waals surface area contributed by atoms with Crippen molar-refractivity contribution in [2.45, 2.75) is 26.8 Å². The van der Waals surface area contributed by atoms with Crippen molar-refractivity contribution in [1.82, 2.24) is 4.98 Å². The van der Waals surface area contributed by atoms with Gasteiger partial charge in [0.1, 0.15) is 23.0 Å². The zero-order valence-corrected chi connectivity index (χ0v) is 20.4. The number of Topliss-reactive ketones (excluding diaryl/α,β-unsaturated/α-hetero) is 1. The van der Waals surface area contributed by atoms with Crippen molar-refractivity contribution < 1.29 is 28.9 Å². The van der Waals surface area contributed by atoms with E-state index in [2.05, 4.69) is 4.98 Å². The topological polar surface area (TPSA) is 98.2 Å². The van der Waals surface area contributed by atoms with Crippen LogP contribution in [0.5, 0.6) is 17.2 Å². The molecule has 1 unspecified atom stereocenters. The molecule has 1 aromatic heterocycles. The second kappa shape index (κ2) is 10.9. The summed E-state index contributed by atoms with van der Waals surface area (Å²) in [5.41, 5.74) is 1.34. The van der Waals surface area contributed by atoms with Crippen LogP contribution in [-0.4, -0.2) is 41.6 Å². The highest BCUT2D eigenvalue weighted by atomic mass is 16.5. The van der Waals surface area contributed by atoms with Gasteiger partial charge in [-0.25, -0.2) is 0 Å². The number of pyridine rings is 1. The van der Waals surface area contributed by atoms with Gasteiger partial charge in [-0.2, -0.15) is 0 Å². The molecule has 186 valence electrons. The molecule has 2 heterocycles. The zero-order valence-electron chi connectivity index (χ0n) is 20.4. The average Bonchev–Trinajstić information content (AvgIpc) is 3.15. The van der Waals surface area contributed by atoms with E-state index in [1.165, 1.54) is 4.90 Å². The smallest absolute Gasteiger partial charge is 0.300 e. The van der Waals surface area contributed by atoms with E-state index in [1.807, 2.05) is 20.8 Å². The number of nitrogens with zero attached hydrogens (tertiary/aromatic N) is 2. The third kappa shape index (κ3) is 4.75. The van der Waals surface area contributed by atoms with Crippen LogP contribution in [0, 0.1) is 0 Å². The monoisotopic (exact) mass is 488 g/mol. The number of hydrogen-bond acceptors (Lipinski definition) is 7. The van der Waals surface area contributed by atoms with E-state index in [4.69, 9.17) is 14.2 Å². The van der Waals surface area contributed by atoms with Gasteiger partial charge in [-0.3, -0.25) is 19.5 Å². The molecule has 0 saturated carbocycles. The van der Waals surface area contributed by atoms with Crippen LogP contribution >= 0.6 is 0 Å². The van der Waals surface area contributed by atoms with Gasteiger partial charge in [0, 0.05) is 30.2 Å². The van der Waals surface area contributed by atoms with Gasteiger partial charge in [-0.1, -0.05) is 6.07 Å². The third-order valence-electron chi connectivity index (χ3n) is 5.69. The van der Waals surface area contributed by atoms with Crippen molar-refractivity contribution in [3.8, 4) is 17.2 Å². The summed E-state index contributed by atoms with van der Waals surface area (Å²) in [6.45, 7) is 6.80. The Labute approximate surface area is 209 Å². The predicted molar refractivity (Wildman–Crippen MR) is 135 cm³/mol. The molecule has 8 heteroatoms. The minimum Gasteiger partial charge on any atom is -0.507 e. The number of amides is 1. The molecular formula is C28H28N2O6. The van der Waals surface area contributed by atoms with Crippen LogP contribution in [0.15, 0.2) is 72.6 Å². The average molecular weight is 489 g/mol. The maximum Gasteiger partial charge on any atom is 0.300 e. The highest BCUT2D eigenvalue weighted by Crippen LogP contribution is 2.44. The van der Waals surface area contributed by atoms with Gasteiger partial charge in [-0.05, 0) is 62.7 Å². The minimum absolute atomic E-state index is 0.0434. The van der Waals surface area contributed by atoms with Gasteiger partial charge in [0.2, 0.25) is 0 Å². The molecule has 0 radical (unpaired) electrons. The highest BCUT2D eigenvalue weighted by Gasteiger charge is 2.47. The van der Waals surface area contributed by atoms with E-state index >= 15 is 0 Å². The normalized spacial score (nSPS) is 16.8. The molecule has 1 aliphatic rings. The fourth-order valence-electron chi connectivity index (χ4n) is 4.22. The maximum atomic E-state index is 13.4. The zero-order chi connectivity index (χ0) is 25.7. The summed E-state index contributed by atoms with van der Waals surface area (Å²) in [4.78, 5) is 32.2. The molecule has 4 rings (SSSR count). The maximum absolute atomic E-state index is 13.4. The molecular weight excluding hydrogens is 460 g/mol. The largest absolute Gasteiger partial charge is 0.507 e. The van der Waals surface area contributed by atoms with Crippen molar-refractivity contribution in [3.63, 3.8) is 0 Å². The van der Waals surface area contributed by atoms with E-state index in [-0.39, 0.29) is 11.3 Å². The minimum atomic E-state index is -0.883. The van der Waals surface area contributed by atoms with Crippen molar-refractivity contribution >= 4 is 23.1 Å². The third-order valence-corrected chi connectivity index (χ3v) is 5.69. The Balaban J connectivity index is 1.91. The Morgan fingerprint density at radius 3 is 2.22 bits per heavy atom. The molecule has 1 atom stereocenters. The Morgan fingerprint density at radius 2 is 1.56 bits per heavy atom. The first-order valence-corrected chi connectivity index (χ1v) is 11.8. The fraction of sp³-hybridized carbons (Fsp3) is 0.250. The molecule has 8 nitrogen and oxygen atoms in total. The standard InChI is InChI=1S/C28H28N2O6/c1-4-34-20-9-7-8-19(16-20)30-25(18-12-14-29-15-13-18)24(27(32)28(30)33)26(31)22-11-10-21(35-5-2)17-23(22)36-6-3/h7-17,25,31H,4-6H2,1-3H3/b26-24-. The van der Waals surface area contributed by atoms with Crippen molar-refractivity contribution in [1.29, 1.82) is 0 Å². The number of carbonyl (C=O) groups is 2. The van der Waals surface area contributed by atoms with Crippen LogP contribution < -0.4 is 19.1 Å². The number of ether oxygens (including phenoxy) is 3. The van der Waals surface area contributed by atoms with Crippen LogP contribution in [0.4, 0.5) is 5.69 Å². The van der Waals surface area contributed by atoms with Gasteiger partial charge in [0.25, 0.3) is 11.7 Å². The summed E-state index contributed by atoms with van der Waals surface area (Å²) in [6.07, 6.45) is 3.16. The number of hydrogen-bond donors (Lipinski definition) is 1. The SMILES string of the molecule is CCOc1cccc(N2C(=O)C(=O)/C(=C(\O)c3ccc(OCC)cc3OCC)C2c2ccncc2)c1. The lowest BCUT2D eigenvalue weighted by molar-refractivity contribution is -0.132. The number of aliphatic hydroxyl groups is 1. The Bertz CT molecular complexity index is 1290. The van der Waals surface area contributed by atoms with Gasteiger partial charge >= 0.3 is 0 Å². The van der Waals surface area contributed by atoms with E-state index < -0.39 is 17.7 Å². The summed E-state index contributed by atoms with van der Waals surface area (Å²) >= 11 is 0. The lowest BCUT2D eigenvalue weighted by Gasteiger charge is -2.26. The number of aliphatic hydroxyl groups excluding tert-OH is 1. The van der Waals surface area contributed by atoms with Crippen LogP contribution in [0.1, 0.15) is 37.9 Å². The predicted octanol–water partition coefficient (Wildman–Crippen LogP) is 4.90. The molecule has 0 aliphatic carbocycles. The van der Waals surface area contributed by atoms with E-state index in [0.29, 0.717) is 53.9 Å². The number of ketones is 1. The van der Waals surface area contributed by atoms with Gasteiger partial charge < -0.3 is 19.3 Å². The van der Waals surface area contributed by atoms with Crippen LogP contribution in [0.25, 0.3) is 5.76 Å². The molecule has 3 aromatic rings. The summed E-state index contributed by atoms with van der Waals surface area (Å²) in [7, 11) is 0. The molecule has 1 saturated heterocycles. The first-order valence-electron chi connectivity index (χ1n) is 11.8. The molecule has 2 aromatic carbocycles.